The molecule has 0 aliphatic carbocycles. The molecule has 19 heavy (non-hydrogen) atoms. The number of aromatic nitrogens is 1. The maximum atomic E-state index is 11.8. The Morgan fingerprint density at radius 1 is 1.32 bits per heavy atom. The van der Waals surface area contributed by atoms with Crippen LogP contribution in [0.5, 0.6) is 0 Å². The summed E-state index contributed by atoms with van der Waals surface area (Å²) in [5, 5.41) is 3.22. The van der Waals surface area contributed by atoms with E-state index in [9.17, 15) is 9.59 Å². The van der Waals surface area contributed by atoms with E-state index in [1.807, 2.05) is 12.1 Å². The second-order valence-electron chi connectivity index (χ2n) is 4.67. The van der Waals surface area contributed by atoms with E-state index in [4.69, 9.17) is 0 Å². The first-order chi connectivity index (χ1) is 9.22. The summed E-state index contributed by atoms with van der Waals surface area (Å²) in [6.07, 6.45) is 4.30. The summed E-state index contributed by atoms with van der Waals surface area (Å²) >= 11 is 0. The van der Waals surface area contributed by atoms with Crippen LogP contribution in [0.25, 0.3) is 0 Å². The van der Waals surface area contributed by atoms with Gasteiger partial charge in [-0.25, -0.2) is 4.98 Å². The molecule has 1 aliphatic heterocycles. The van der Waals surface area contributed by atoms with Gasteiger partial charge in [-0.2, -0.15) is 0 Å². The lowest BCUT2D eigenvalue weighted by Crippen LogP contribution is -2.39. The molecule has 102 valence electrons. The lowest BCUT2D eigenvalue weighted by Gasteiger charge is -2.25. The van der Waals surface area contributed by atoms with Crippen LogP contribution in [0.4, 0.5) is 5.82 Å². The predicted molar refractivity (Wildman–Crippen MR) is 72.4 cm³/mol. The van der Waals surface area contributed by atoms with Gasteiger partial charge >= 0.3 is 0 Å². The monoisotopic (exact) mass is 261 g/mol. The highest BCUT2D eigenvalue weighted by molar-refractivity contribution is 5.97. The number of nitrogens with zero attached hydrogens (tertiary/aromatic N) is 2. The Bertz CT molecular complexity index is 458. The van der Waals surface area contributed by atoms with Crippen LogP contribution >= 0.6 is 0 Å². The topological polar surface area (TPSA) is 62.3 Å². The number of hydrogen-bond acceptors (Lipinski definition) is 4. The van der Waals surface area contributed by atoms with E-state index in [-0.39, 0.29) is 11.8 Å². The second-order valence-corrected chi connectivity index (χ2v) is 4.67. The number of amides is 2. The zero-order valence-corrected chi connectivity index (χ0v) is 11.2. The molecule has 0 saturated carbocycles. The number of hydrogen-bond donors (Lipinski definition) is 1. The Balaban J connectivity index is 2.13. The smallest absolute Gasteiger partial charge is 0.229 e. The van der Waals surface area contributed by atoms with Crippen LogP contribution in [0.2, 0.25) is 0 Å². The number of anilines is 1. The molecule has 0 aromatic carbocycles. The number of rotatable bonds is 5. The SMILES string of the molecule is CCCNc1ncccc1CN1C(=O)CCCC1=O. The van der Waals surface area contributed by atoms with Crippen LogP contribution in [0, 0.1) is 0 Å². The molecule has 0 spiro atoms. The summed E-state index contributed by atoms with van der Waals surface area (Å²) in [5.41, 5.74) is 0.888. The third-order valence-corrected chi connectivity index (χ3v) is 3.15. The number of piperidine rings is 1. The maximum Gasteiger partial charge on any atom is 0.229 e. The summed E-state index contributed by atoms with van der Waals surface area (Å²) in [7, 11) is 0. The second kappa shape index (κ2) is 6.31. The van der Waals surface area contributed by atoms with Crippen molar-refractivity contribution in [3.63, 3.8) is 0 Å². The normalized spacial score (nSPS) is 15.7. The molecule has 5 heteroatoms. The van der Waals surface area contributed by atoms with Gasteiger partial charge in [0.2, 0.25) is 11.8 Å². The van der Waals surface area contributed by atoms with Gasteiger partial charge in [0, 0.05) is 31.1 Å². The molecule has 2 heterocycles. The van der Waals surface area contributed by atoms with E-state index in [2.05, 4.69) is 17.2 Å². The molecule has 1 saturated heterocycles. The van der Waals surface area contributed by atoms with Crippen molar-refractivity contribution in [2.45, 2.75) is 39.2 Å². The summed E-state index contributed by atoms with van der Waals surface area (Å²) < 4.78 is 0. The van der Waals surface area contributed by atoms with Gasteiger partial charge in [0.25, 0.3) is 0 Å². The number of pyridine rings is 1. The Morgan fingerprint density at radius 2 is 2.05 bits per heavy atom. The van der Waals surface area contributed by atoms with Crippen molar-refractivity contribution in [3.8, 4) is 0 Å². The Morgan fingerprint density at radius 3 is 2.74 bits per heavy atom. The number of carbonyl (C=O) groups is 2. The van der Waals surface area contributed by atoms with Crippen molar-refractivity contribution in [3.05, 3.63) is 23.9 Å². The summed E-state index contributed by atoms with van der Waals surface area (Å²) in [5.74, 6) is 0.596. The van der Waals surface area contributed by atoms with Crippen molar-refractivity contribution in [2.75, 3.05) is 11.9 Å². The average Bonchev–Trinajstić information content (AvgIpc) is 2.42. The molecule has 0 unspecified atom stereocenters. The van der Waals surface area contributed by atoms with Gasteiger partial charge in [0.05, 0.1) is 6.54 Å². The van der Waals surface area contributed by atoms with Crippen molar-refractivity contribution in [1.82, 2.24) is 9.88 Å². The molecule has 0 bridgehead atoms. The van der Waals surface area contributed by atoms with Crippen molar-refractivity contribution >= 4 is 17.6 Å². The van der Waals surface area contributed by atoms with Gasteiger partial charge in [-0.3, -0.25) is 14.5 Å². The average molecular weight is 261 g/mol. The van der Waals surface area contributed by atoms with Gasteiger partial charge in [-0.15, -0.1) is 0 Å². The third kappa shape index (κ3) is 3.30. The van der Waals surface area contributed by atoms with Crippen molar-refractivity contribution in [2.24, 2.45) is 0 Å². The van der Waals surface area contributed by atoms with Gasteiger partial charge in [-0.05, 0) is 18.9 Å². The zero-order chi connectivity index (χ0) is 13.7. The Labute approximate surface area is 113 Å². The molecule has 1 aromatic rings. The van der Waals surface area contributed by atoms with Crippen LogP contribution in [-0.2, 0) is 16.1 Å². The number of carbonyl (C=O) groups excluding carboxylic acids is 2. The lowest BCUT2D eigenvalue weighted by atomic mass is 10.1. The largest absolute Gasteiger partial charge is 0.370 e. The Hall–Kier alpha value is -1.91. The Kier molecular flexibility index (Phi) is 4.49. The number of nitrogens with one attached hydrogen (secondary N) is 1. The minimum absolute atomic E-state index is 0.0819. The fourth-order valence-electron chi connectivity index (χ4n) is 2.12. The van der Waals surface area contributed by atoms with Gasteiger partial charge in [0.1, 0.15) is 5.82 Å². The minimum Gasteiger partial charge on any atom is -0.370 e. The van der Waals surface area contributed by atoms with Crippen LogP contribution in [-0.4, -0.2) is 28.2 Å². The zero-order valence-electron chi connectivity index (χ0n) is 11.2. The van der Waals surface area contributed by atoms with E-state index in [0.29, 0.717) is 25.8 Å². The fourth-order valence-corrected chi connectivity index (χ4v) is 2.12. The molecule has 5 nitrogen and oxygen atoms in total. The maximum absolute atomic E-state index is 11.8. The molecule has 1 N–H and O–H groups in total. The van der Waals surface area contributed by atoms with E-state index < -0.39 is 0 Å². The first kappa shape index (κ1) is 13.5. The van der Waals surface area contributed by atoms with E-state index in [0.717, 1.165) is 24.3 Å². The van der Waals surface area contributed by atoms with Gasteiger partial charge < -0.3 is 5.32 Å². The highest BCUT2D eigenvalue weighted by atomic mass is 16.2. The summed E-state index contributed by atoms with van der Waals surface area (Å²) in [6, 6.07) is 3.73. The summed E-state index contributed by atoms with van der Waals surface area (Å²) in [4.78, 5) is 29.2. The molecule has 2 rings (SSSR count). The predicted octanol–water partition coefficient (Wildman–Crippen LogP) is 1.94. The molecule has 1 aliphatic rings. The van der Waals surface area contributed by atoms with Gasteiger partial charge in [-0.1, -0.05) is 13.0 Å². The van der Waals surface area contributed by atoms with Crippen molar-refractivity contribution < 1.29 is 9.59 Å². The third-order valence-electron chi connectivity index (χ3n) is 3.15. The first-order valence-electron chi connectivity index (χ1n) is 6.73. The summed E-state index contributed by atoms with van der Waals surface area (Å²) in [6.45, 7) is 3.22. The first-order valence-corrected chi connectivity index (χ1v) is 6.73. The highest BCUT2D eigenvalue weighted by Gasteiger charge is 2.26. The molecular weight excluding hydrogens is 242 g/mol. The van der Waals surface area contributed by atoms with Crippen LogP contribution in [0.3, 0.4) is 0 Å². The highest BCUT2D eigenvalue weighted by Crippen LogP contribution is 2.19. The van der Waals surface area contributed by atoms with E-state index in [1.165, 1.54) is 4.90 Å². The quantitative estimate of drug-likeness (QED) is 0.823. The van der Waals surface area contributed by atoms with Crippen LogP contribution in [0.15, 0.2) is 18.3 Å². The minimum atomic E-state index is -0.0819. The van der Waals surface area contributed by atoms with Gasteiger partial charge in [0.15, 0.2) is 0 Å². The van der Waals surface area contributed by atoms with Crippen LogP contribution < -0.4 is 5.32 Å². The number of imide groups is 1. The van der Waals surface area contributed by atoms with E-state index in [1.54, 1.807) is 6.20 Å². The van der Waals surface area contributed by atoms with E-state index >= 15 is 0 Å². The molecular formula is C14H19N3O2. The number of likely N-dealkylation sites (tertiary alicyclic amines) is 1. The van der Waals surface area contributed by atoms with Crippen LogP contribution in [0.1, 0.15) is 38.2 Å². The molecule has 0 radical (unpaired) electrons. The molecule has 1 aromatic heterocycles. The standard InChI is InChI=1S/C14H19N3O2/c1-2-8-15-14-11(5-4-9-16-14)10-17-12(18)6-3-7-13(17)19/h4-5,9H,2-3,6-8,10H2,1H3,(H,15,16). The fraction of sp³-hybridized carbons (Fsp3) is 0.500. The lowest BCUT2D eigenvalue weighted by molar-refractivity contribution is -0.148. The molecule has 0 atom stereocenters. The van der Waals surface area contributed by atoms with Crippen molar-refractivity contribution in [1.29, 1.82) is 0 Å². The molecule has 2 amide bonds. The molecule has 1 fully saturated rings.